The lowest BCUT2D eigenvalue weighted by Crippen LogP contribution is -2.41. The maximum Gasteiger partial charge on any atom is 0.224 e. The molecule has 0 radical (unpaired) electrons. The van der Waals surface area contributed by atoms with E-state index in [-0.39, 0.29) is 23.3 Å². The van der Waals surface area contributed by atoms with Crippen molar-refractivity contribution in [1.82, 2.24) is 10.6 Å². The SMILES string of the molecule is CNCC(C)C(=O)NC(c1ccccc1)C(C)(C)C. The summed E-state index contributed by atoms with van der Waals surface area (Å²) in [5, 5.41) is 6.22. The third-order valence-corrected chi connectivity index (χ3v) is 3.24. The fourth-order valence-electron chi connectivity index (χ4n) is 2.13. The van der Waals surface area contributed by atoms with Crippen LogP contribution in [0.2, 0.25) is 0 Å². The van der Waals surface area contributed by atoms with E-state index in [9.17, 15) is 4.79 Å². The number of amides is 1. The molecule has 1 rings (SSSR count). The van der Waals surface area contributed by atoms with Crippen LogP contribution in [0.1, 0.15) is 39.3 Å². The highest BCUT2D eigenvalue weighted by Gasteiger charge is 2.28. The first-order chi connectivity index (χ1) is 8.86. The zero-order valence-electron chi connectivity index (χ0n) is 12.7. The van der Waals surface area contributed by atoms with Crippen LogP contribution >= 0.6 is 0 Å². The maximum absolute atomic E-state index is 12.2. The highest BCUT2D eigenvalue weighted by atomic mass is 16.1. The molecule has 0 heterocycles. The van der Waals surface area contributed by atoms with Gasteiger partial charge in [0, 0.05) is 12.5 Å². The summed E-state index contributed by atoms with van der Waals surface area (Å²) in [5.41, 5.74) is 1.14. The van der Waals surface area contributed by atoms with E-state index in [1.54, 1.807) is 0 Å². The van der Waals surface area contributed by atoms with Gasteiger partial charge in [-0.2, -0.15) is 0 Å². The lowest BCUT2D eigenvalue weighted by molar-refractivity contribution is -0.125. The molecule has 3 nitrogen and oxygen atoms in total. The summed E-state index contributed by atoms with van der Waals surface area (Å²) >= 11 is 0. The molecule has 0 aromatic heterocycles. The number of nitrogens with one attached hydrogen (secondary N) is 2. The van der Waals surface area contributed by atoms with Crippen LogP contribution in [0.25, 0.3) is 0 Å². The van der Waals surface area contributed by atoms with E-state index < -0.39 is 0 Å². The van der Waals surface area contributed by atoms with E-state index in [2.05, 4.69) is 43.5 Å². The Kier molecular flexibility index (Phi) is 5.55. The zero-order chi connectivity index (χ0) is 14.5. The summed E-state index contributed by atoms with van der Waals surface area (Å²) in [6.45, 7) is 9.07. The van der Waals surface area contributed by atoms with Gasteiger partial charge < -0.3 is 10.6 Å². The van der Waals surface area contributed by atoms with Gasteiger partial charge in [0.05, 0.1) is 6.04 Å². The Morgan fingerprint density at radius 3 is 2.26 bits per heavy atom. The summed E-state index contributed by atoms with van der Waals surface area (Å²) in [4.78, 5) is 12.2. The van der Waals surface area contributed by atoms with E-state index in [1.165, 1.54) is 0 Å². The van der Waals surface area contributed by atoms with Gasteiger partial charge in [-0.15, -0.1) is 0 Å². The average molecular weight is 262 g/mol. The Bertz CT molecular complexity index is 395. The van der Waals surface area contributed by atoms with Gasteiger partial charge in [0.1, 0.15) is 0 Å². The first kappa shape index (κ1) is 15.7. The van der Waals surface area contributed by atoms with Crippen molar-refractivity contribution in [2.24, 2.45) is 11.3 Å². The smallest absolute Gasteiger partial charge is 0.224 e. The molecule has 0 bridgehead atoms. The molecular weight excluding hydrogens is 236 g/mol. The first-order valence-corrected chi connectivity index (χ1v) is 6.86. The Hall–Kier alpha value is -1.35. The van der Waals surface area contributed by atoms with Crippen molar-refractivity contribution in [2.75, 3.05) is 13.6 Å². The molecule has 1 aromatic carbocycles. The zero-order valence-corrected chi connectivity index (χ0v) is 12.7. The van der Waals surface area contributed by atoms with Gasteiger partial charge in [-0.05, 0) is 18.0 Å². The van der Waals surface area contributed by atoms with Crippen molar-refractivity contribution in [3.05, 3.63) is 35.9 Å². The van der Waals surface area contributed by atoms with Crippen LogP contribution < -0.4 is 10.6 Å². The van der Waals surface area contributed by atoms with E-state index in [1.807, 2.05) is 32.2 Å². The largest absolute Gasteiger partial charge is 0.348 e. The Morgan fingerprint density at radius 2 is 1.79 bits per heavy atom. The molecule has 0 aliphatic rings. The fourth-order valence-corrected chi connectivity index (χ4v) is 2.13. The second-order valence-corrected chi connectivity index (χ2v) is 6.18. The highest BCUT2D eigenvalue weighted by Crippen LogP contribution is 2.32. The van der Waals surface area contributed by atoms with Crippen LogP contribution in [0, 0.1) is 11.3 Å². The van der Waals surface area contributed by atoms with Crippen molar-refractivity contribution < 1.29 is 4.79 Å². The molecule has 0 aliphatic carbocycles. The van der Waals surface area contributed by atoms with Crippen molar-refractivity contribution >= 4 is 5.91 Å². The van der Waals surface area contributed by atoms with Crippen molar-refractivity contribution in [3.63, 3.8) is 0 Å². The lowest BCUT2D eigenvalue weighted by atomic mass is 9.82. The molecule has 1 amide bonds. The number of hydrogen-bond acceptors (Lipinski definition) is 2. The topological polar surface area (TPSA) is 41.1 Å². The lowest BCUT2D eigenvalue weighted by Gasteiger charge is -2.33. The quantitative estimate of drug-likeness (QED) is 0.856. The van der Waals surface area contributed by atoms with Gasteiger partial charge in [-0.1, -0.05) is 58.0 Å². The molecule has 0 saturated carbocycles. The van der Waals surface area contributed by atoms with E-state index in [0.29, 0.717) is 6.54 Å². The minimum Gasteiger partial charge on any atom is -0.348 e. The van der Waals surface area contributed by atoms with Crippen LogP contribution in [-0.2, 0) is 4.79 Å². The molecule has 2 unspecified atom stereocenters. The number of benzene rings is 1. The molecule has 19 heavy (non-hydrogen) atoms. The summed E-state index contributed by atoms with van der Waals surface area (Å²) < 4.78 is 0. The molecule has 3 heteroatoms. The van der Waals surface area contributed by atoms with Crippen molar-refractivity contribution in [2.45, 2.75) is 33.7 Å². The van der Waals surface area contributed by atoms with Gasteiger partial charge in [0.2, 0.25) is 5.91 Å². The standard InChI is InChI=1S/C16H26N2O/c1-12(11-17-5)15(19)18-14(16(2,3)4)13-9-7-6-8-10-13/h6-10,12,14,17H,11H2,1-5H3,(H,18,19). The van der Waals surface area contributed by atoms with Crippen LogP contribution in [-0.4, -0.2) is 19.5 Å². The Morgan fingerprint density at radius 1 is 1.21 bits per heavy atom. The minimum atomic E-state index is -0.0291. The summed E-state index contributed by atoms with van der Waals surface area (Å²) in [5.74, 6) is 0.0664. The van der Waals surface area contributed by atoms with Gasteiger partial charge in [-0.3, -0.25) is 4.79 Å². The number of carbonyl (C=O) groups is 1. The summed E-state index contributed by atoms with van der Waals surface area (Å²) in [6, 6.07) is 10.2. The Labute approximate surface area is 116 Å². The van der Waals surface area contributed by atoms with Crippen LogP contribution in [0.5, 0.6) is 0 Å². The maximum atomic E-state index is 12.2. The number of rotatable bonds is 5. The van der Waals surface area contributed by atoms with Crippen LogP contribution in [0.3, 0.4) is 0 Å². The second kappa shape index (κ2) is 6.71. The summed E-state index contributed by atoms with van der Waals surface area (Å²) in [7, 11) is 1.86. The van der Waals surface area contributed by atoms with E-state index in [4.69, 9.17) is 0 Å². The molecule has 0 aliphatic heterocycles. The summed E-state index contributed by atoms with van der Waals surface area (Å²) in [6.07, 6.45) is 0. The monoisotopic (exact) mass is 262 g/mol. The first-order valence-electron chi connectivity index (χ1n) is 6.86. The van der Waals surface area contributed by atoms with Crippen LogP contribution in [0.15, 0.2) is 30.3 Å². The third-order valence-electron chi connectivity index (χ3n) is 3.24. The normalized spacial score (nSPS) is 14.8. The highest BCUT2D eigenvalue weighted by molar-refractivity contribution is 5.79. The molecule has 0 saturated heterocycles. The molecule has 2 atom stereocenters. The second-order valence-electron chi connectivity index (χ2n) is 6.18. The predicted molar refractivity (Wildman–Crippen MR) is 79.9 cm³/mol. The van der Waals surface area contributed by atoms with E-state index in [0.717, 1.165) is 5.56 Å². The molecule has 1 aromatic rings. The number of carbonyl (C=O) groups excluding carboxylic acids is 1. The molecule has 106 valence electrons. The van der Waals surface area contributed by atoms with Crippen molar-refractivity contribution in [1.29, 1.82) is 0 Å². The Balaban J connectivity index is 2.86. The van der Waals surface area contributed by atoms with Crippen LogP contribution in [0.4, 0.5) is 0 Å². The van der Waals surface area contributed by atoms with Gasteiger partial charge in [0.25, 0.3) is 0 Å². The fraction of sp³-hybridized carbons (Fsp3) is 0.562. The third kappa shape index (κ3) is 4.67. The van der Waals surface area contributed by atoms with Gasteiger partial charge >= 0.3 is 0 Å². The van der Waals surface area contributed by atoms with E-state index >= 15 is 0 Å². The van der Waals surface area contributed by atoms with Crippen molar-refractivity contribution in [3.8, 4) is 0 Å². The van der Waals surface area contributed by atoms with Gasteiger partial charge in [0.15, 0.2) is 0 Å². The average Bonchev–Trinajstić information content (AvgIpc) is 2.35. The molecular formula is C16H26N2O. The predicted octanol–water partition coefficient (Wildman–Crippen LogP) is 2.75. The molecule has 0 spiro atoms. The molecule has 0 fully saturated rings. The minimum absolute atomic E-state index is 0.0175. The van der Waals surface area contributed by atoms with Gasteiger partial charge in [-0.25, -0.2) is 0 Å². The number of hydrogen-bond donors (Lipinski definition) is 2. The molecule has 2 N–H and O–H groups in total.